The number of nitrogens with one attached hydrogen (secondary N) is 5. The predicted molar refractivity (Wildman–Crippen MR) is 305 cm³/mol. The molecule has 1 aliphatic heterocycles. The smallest absolute Gasteiger partial charge is 0.410 e. The molecule has 0 spiro atoms. The summed E-state index contributed by atoms with van der Waals surface area (Å²) in [6, 6.07) is 9.37. The van der Waals surface area contributed by atoms with Crippen molar-refractivity contribution in [3.8, 4) is 0 Å². The van der Waals surface area contributed by atoms with Crippen LogP contribution in [0, 0.1) is 29.6 Å². The minimum atomic E-state index is -1.05. The Morgan fingerprint density at radius 3 is 1.96 bits per heavy atom. The van der Waals surface area contributed by atoms with Gasteiger partial charge >= 0.3 is 12.1 Å². The molecule has 0 bridgehead atoms. The first-order chi connectivity index (χ1) is 37.7. The standard InChI is InChI=1S/C58H94N10O12/c1-15-36(8)49(44(78-13)31-45(69)68-30-20-24-43(68)51(79-14)37(9)52(71)62-38(10)50(70)40-21-17-16-18-22-40)66(11)56(75)47(34(4)5)65-55(74)48(35(6)7)67(12)58(77)80-32-39-25-27-41(28-26-39)63-53(72)42(23-19-29-61-57(60)76)64-54(73)46(59)33(2)3/h16-18,21-22,25-28,33-38,42-44,46-51,70H,15,19-20,23-24,29-32,59H2,1-14H3,(H,62,71)(H,63,72)(H,64,73)(H,65,74)(H3,60,61,76)/t36-,37+,38?,42-,43-,44+,46-,47-,48-,49?,50?,51+/m0/s1. The summed E-state index contributed by atoms with van der Waals surface area (Å²) in [4.78, 5) is 112. The van der Waals surface area contributed by atoms with E-state index in [1.54, 1.807) is 94.8 Å². The van der Waals surface area contributed by atoms with Crippen LogP contribution in [0.1, 0.15) is 125 Å². The SMILES string of the molecule is CC[C@H](C)C([C@@H](CC(=O)N1CCC[C@H]1[C@H](OC)[C@@H](C)C(=O)NC(C)C(O)c1ccccc1)OC)N(C)C(=O)[C@@H](NC(=O)[C@H](C(C)C)N(C)C(=O)OCc1ccc(NC(=O)[C@H](CCCNC(N)=O)NC(=O)[C@@H](N)C(C)C)cc1)C(C)C. The zero-order valence-corrected chi connectivity index (χ0v) is 49.7. The fourth-order valence-corrected chi connectivity index (χ4v) is 10.2. The zero-order valence-electron chi connectivity index (χ0n) is 49.7. The topological polar surface area (TPSA) is 306 Å². The maximum Gasteiger partial charge on any atom is 0.410 e. The van der Waals surface area contributed by atoms with E-state index in [0.29, 0.717) is 49.0 Å². The number of aliphatic hydroxyl groups is 1. The van der Waals surface area contributed by atoms with Crippen molar-refractivity contribution in [1.82, 2.24) is 36.0 Å². The van der Waals surface area contributed by atoms with Gasteiger partial charge < -0.3 is 67.2 Å². The molecule has 3 rings (SSSR count). The van der Waals surface area contributed by atoms with E-state index >= 15 is 0 Å². The largest absolute Gasteiger partial charge is 0.445 e. The molecule has 1 aliphatic rings. The monoisotopic (exact) mass is 1120 g/mol. The molecule has 2 aromatic carbocycles. The molecule has 0 saturated carbocycles. The van der Waals surface area contributed by atoms with Crippen molar-refractivity contribution in [3.05, 3.63) is 65.7 Å². The number of hydrogen-bond acceptors (Lipinski definition) is 13. The summed E-state index contributed by atoms with van der Waals surface area (Å²) in [6.07, 6.45) is -0.736. The Hall–Kier alpha value is -6.36. The summed E-state index contributed by atoms with van der Waals surface area (Å²) < 4.78 is 17.7. The second-order valence-electron chi connectivity index (χ2n) is 22.3. The van der Waals surface area contributed by atoms with Crippen LogP contribution in [0.4, 0.5) is 15.3 Å². The van der Waals surface area contributed by atoms with E-state index in [2.05, 4.69) is 26.6 Å². The fourth-order valence-electron chi connectivity index (χ4n) is 10.2. The van der Waals surface area contributed by atoms with Crippen LogP contribution in [-0.4, -0.2) is 163 Å². The molecule has 1 heterocycles. The van der Waals surface area contributed by atoms with Gasteiger partial charge in [-0.3, -0.25) is 33.7 Å². The number of hydrogen-bond donors (Lipinski definition) is 8. The van der Waals surface area contributed by atoms with Crippen molar-refractivity contribution in [1.29, 1.82) is 0 Å². The van der Waals surface area contributed by atoms with Crippen LogP contribution in [0.3, 0.4) is 0 Å². The first-order valence-electron chi connectivity index (χ1n) is 28.0. The van der Waals surface area contributed by atoms with Gasteiger partial charge in [-0.25, -0.2) is 9.59 Å². The van der Waals surface area contributed by atoms with Crippen molar-refractivity contribution in [3.63, 3.8) is 0 Å². The summed E-state index contributed by atoms with van der Waals surface area (Å²) >= 11 is 0. The quantitative estimate of drug-likeness (QED) is 0.0485. The maximum absolute atomic E-state index is 14.7. The number of nitrogens with two attached hydrogens (primary N) is 2. The number of methoxy groups -OCH3 is 2. The number of amides is 9. The van der Waals surface area contributed by atoms with Gasteiger partial charge in [-0.05, 0) is 79.5 Å². The molecule has 22 nitrogen and oxygen atoms in total. The van der Waals surface area contributed by atoms with Crippen molar-refractivity contribution in [2.24, 2.45) is 41.1 Å². The number of carbonyl (C=O) groups is 8. The molecular formula is C58H94N10O12. The van der Waals surface area contributed by atoms with Gasteiger partial charge in [-0.15, -0.1) is 0 Å². The zero-order chi connectivity index (χ0) is 60.1. The third kappa shape index (κ3) is 19.4. The number of benzene rings is 2. The lowest BCUT2D eigenvalue weighted by Gasteiger charge is -2.41. The van der Waals surface area contributed by atoms with Crippen LogP contribution in [0.15, 0.2) is 54.6 Å². The third-order valence-electron chi connectivity index (χ3n) is 15.3. The van der Waals surface area contributed by atoms with Crippen LogP contribution in [-0.2, 0) is 49.6 Å². The van der Waals surface area contributed by atoms with Gasteiger partial charge in [-0.1, -0.05) is 111 Å². The number of nitrogens with zero attached hydrogens (tertiary/aromatic N) is 3. The molecule has 0 aliphatic carbocycles. The minimum absolute atomic E-state index is 0.0747. The van der Waals surface area contributed by atoms with Crippen molar-refractivity contribution >= 4 is 53.3 Å². The first-order valence-corrected chi connectivity index (χ1v) is 28.0. The van der Waals surface area contributed by atoms with Gasteiger partial charge in [0.25, 0.3) is 0 Å². The lowest BCUT2D eigenvalue weighted by Crippen LogP contribution is -2.60. The average Bonchev–Trinajstić information content (AvgIpc) is 3.91. The van der Waals surface area contributed by atoms with Gasteiger partial charge in [0.1, 0.15) is 24.7 Å². The van der Waals surface area contributed by atoms with Gasteiger partial charge in [0.05, 0.1) is 54.8 Å². The van der Waals surface area contributed by atoms with E-state index in [9.17, 15) is 43.5 Å². The highest BCUT2D eigenvalue weighted by molar-refractivity contribution is 5.98. The van der Waals surface area contributed by atoms with E-state index in [1.165, 1.54) is 26.2 Å². The molecule has 10 N–H and O–H groups in total. The van der Waals surface area contributed by atoms with E-state index < -0.39 is 114 Å². The summed E-state index contributed by atoms with van der Waals surface area (Å²) in [6.45, 7) is 18.7. The van der Waals surface area contributed by atoms with E-state index in [0.717, 1.165) is 0 Å². The summed E-state index contributed by atoms with van der Waals surface area (Å²) in [5.74, 6) is -4.32. The summed E-state index contributed by atoms with van der Waals surface area (Å²) in [7, 11) is 6.12. The summed E-state index contributed by atoms with van der Waals surface area (Å²) in [5.41, 5.74) is 12.8. The van der Waals surface area contributed by atoms with E-state index in [1.807, 2.05) is 45.9 Å². The van der Waals surface area contributed by atoms with Gasteiger partial charge in [-0.2, -0.15) is 0 Å². The third-order valence-corrected chi connectivity index (χ3v) is 15.3. The highest BCUT2D eigenvalue weighted by atomic mass is 16.6. The number of urea groups is 1. The number of likely N-dealkylation sites (tertiary alicyclic amines) is 1. The molecule has 1 fully saturated rings. The molecule has 448 valence electrons. The molecule has 1 saturated heterocycles. The number of carbonyl (C=O) groups excluding carboxylic acids is 8. The van der Waals surface area contributed by atoms with Crippen LogP contribution >= 0.6 is 0 Å². The summed E-state index contributed by atoms with van der Waals surface area (Å²) in [5, 5.41) is 24.8. The molecular weight excluding hydrogens is 1030 g/mol. The molecule has 3 unspecified atom stereocenters. The number of aliphatic hydroxyl groups excluding tert-OH is 1. The lowest BCUT2D eigenvalue weighted by molar-refractivity contribution is -0.148. The molecule has 9 amide bonds. The van der Waals surface area contributed by atoms with Crippen LogP contribution in [0.5, 0.6) is 0 Å². The fraction of sp³-hybridized carbons (Fsp3) is 0.655. The number of primary amides is 1. The average molecular weight is 1120 g/mol. The van der Waals surface area contributed by atoms with E-state index in [-0.39, 0.29) is 49.6 Å². The van der Waals surface area contributed by atoms with Crippen LogP contribution in [0.25, 0.3) is 0 Å². The number of likely N-dealkylation sites (N-methyl/N-ethyl adjacent to an activating group) is 2. The second-order valence-corrected chi connectivity index (χ2v) is 22.3. The Morgan fingerprint density at radius 2 is 1.41 bits per heavy atom. The highest BCUT2D eigenvalue weighted by Crippen LogP contribution is 2.30. The Labute approximate surface area is 473 Å². The Balaban J connectivity index is 1.70. The normalized spacial score (nSPS) is 17.6. The minimum Gasteiger partial charge on any atom is -0.445 e. The highest BCUT2D eigenvalue weighted by Gasteiger charge is 2.44. The Morgan fingerprint density at radius 1 is 0.775 bits per heavy atom. The van der Waals surface area contributed by atoms with Crippen LogP contribution in [0.2, 0.25) is 0 Å². The maximum atomic E-state index is 14.7. The molecule has 22 heteroatoms. The molecule has 2 aromatic rings. The van der Waals surface area contributed by atoms with Crippen molar-refractivity contribution in [2.45, 2.75) is 175 Å². The van der Waals surface area contributed by atoms with E-state index in [4.69, 9.17) is 25.7 Å². The Bertz CT molecular complexity index is 2320. The van der Waals surface area contributed by atoms with Gasteiger partial charge in [0.15, 0.2) is 0 Å². The predicted octanol–water partition coefficient (Wildman–Crippen LogP) is 4.43. The van der Waals surface area contributed by atoms with Crippen molar-refractivity contribution < 1.29 is 57.7 Å². The molecule has 0 aromatic heterocycles. The number of rotatable bonds is 31. The number of anilines is 1. The molecule has 80 heavy (non-hydrogen) atoms. The molecule has 12 atom stereocenters. The van der Waals surface area contributed by atoms with Crippen LogP contribution < -0.4 is 38.1 Å². The number of ether oxygens (including phenoxy) is 3. The molecule has 0 radical (unpaired) electrons. The lowest BCUT2D eigenvalue weighted by atomic mass is 9.89. The second kappa shape index (κ2) is 32.8. The first kappa shape index (κ1) is 67.9. The van der Waals surface area contributed by atoms with Crippen molar-refractivity contribution in [2.75, 3.05) is 46.7 Å². The Kier molecular flexibility index (Phi) is 27.8. The van der Waals surface area contributed by atoms with Gasteiger partial charge in [0, 0.05) is 47.1 Å². The van der Waals surface area contributed by atoms with Gasteiger partial charge in [0.2, 0.25) is 35.4 Å².